The Morgan fingerprint density at radius 2 is 1.31 bits per heavy atom. The first kappa shape index (κ1) is 12.2. The molecule has 0 aromatic heterocycles. The Morgan fingerprint density at radius 3 is 1.69 bits per heavy atom. The average molecular weight is 234 g/mol. The quantitative estimate of drug-likeness (QED) is 0.591. The molecule has 2 fully saturated rings. The molecule has 0 spiro atoms. The lowest BCUT2D eigenvalue weighted by Gasteiger charge is -2.16. The molecule has 0 N–H and O–H groups in total. The van der Waals surface area contributed by atoms with E-state index in [4.69, 9.17) is 28.4 Å². The minimum absolute atomic E-state index is 0.0583. The van der Waals surface area contributed by atoms with E-state index in [1.54, 1.807) is 14.2 Å². The highest BCUT2D eigenvalue weighted by molar-refractivity contribution is 4.95. The van der Waals surface area contributed by atoms with Gasteiger partial charge in [0.15, 0.2) is 0 Å². The Kier molecular flexibility index (Phi) is 4.51. The Bertz CT molecular complexity index is 189. The molecule has 16 heavy (non-hydrogen) atoms. The highest BCUT2D eigenvalue weighted by Crippen LogP contribution is 2.30. The summed E-state index contributed by atoms with van der Waals surface area (Å²) >= 11 is 0. The number of hydrogen-bond acceptors (Lipinski definition) is 6. The van der Waals surface area contributed by atoms with Crippen LogP contribution in [0.4, 0.5) is 0 Å². The molecule has 0 saturated carbocycles. The molecule has 0 aromatic rings. The van der Waals surface area contributed by atoms with Crippen LogP contribution in [0, 0.1) is 0 Å². The summed E-state index contributed by atoms with van der Waals surface area (Å²) in [6.07, 6.45) is -0.254. The molecule has 94 valence electrons. The van der Waals surface area contributed by atoms with E-state index in [-0.39, 0.29) is 38.0 Å². The van der Waals surface area contributed by atoms with Crippen LogP contribution in [0.15, 0.2) is 0 Å². The van der Waals surface area contributed by atoms with Crippen molar-refractivity contribution < 1.29 is 28.4 Å². The van der Waals surface area contributed by atoms with Crippen molar-refractivity contribution in [1.29, 1.82) is 0 Å². The summed E-state index contributed by atoms with van der Waals surface area (Å²) in [5, 5.41) is 0. The fourth-order valence-electron chi connectivity index (χ4n) is 2.03. The van der Waals surface area contributed by atoms with Crippen LogP contribution in [0.1, 0.15) is 0 Å². The maximum Gasteiger partial charge on any atom is 0.146 e. The predicted molar refractivity (Wildman–Crippen MR) is 53.0 cm³/mol. The Morgan fingerprint density at radius 1 is 0.875 bits per heavy atom. The SMILES string of the molecule is COCO[C@H]1CO[C@H]2[C@@H]1OC[C@H]2OCOC. The van der Waals surface area contributed by atoms with Crippen LogP contribution in [-0.2, 0) is 28.4 Å². The molecule has 6 nitrogen and oxygen atoms in total. The zero-order valence-electron chi connectivity index (χ0n) is 9.59. The molecule has 4 atom stereocenters. The van der Waals surface area contributed by atoms with E-state index in [9.17, 15) is 0 Å². The first-order valence-corrected chi connectivity index (χ1v) is 5.31. The number of hydrogen-bond donors (Lipinski definition) is 0. The van der Waals surface area contributed by atoms with Crippen molar-refractivity contribution in [3.63, 3.8) is 0 Å². The van der Waals surface area contributed by atoms with E-state index in [0.29, 0.717) is 13.2 Å². The third kappa shape index (κ3) is 2.53. The number of fused-ring (bicyclic) bond motifs is 1. The summed E-state index contributed by atoms with van der Waals surface area (Å²) in [4.78, 5) is 0. The van der Waals surface area contributed by atoms with Gasteiger partial charge in [-0.1, -0.05) is 0 Å². The molecule has 0 aliphatic carbocycles. The van der Waals surface area contributed by atoms with Crippen molar-refractivity contribution >= 4 is 0 Å². The Labute approximate surface area is 94.7 Å². The first-order valence-electron chi connectivity index (χ1n) is 5.31. The summed E-state index contributed by atoms with van der Waals surface area (Å²) in [5.74, 6) is 0. The smallest absolute Gasteiger partial charge is 0.146 e. The van der Waals surface area contributed by atoms with Crippen LogP contribution in [0.2, 0.25) is 0 Å². The molecular weight excluding hydrogens is 216 g/mol. The van der Waals surface area contributed by atoms with E-state index in [2.05, 4.69) is 0 Å². The molecule has 2 rings (SSSR count). The second kappa shape index (κ2) is 5.90. The van der Waals surface area contributed by atoms with E-state index in [1.165, 1.54) is 0 Å². The first-order chi connectivity index (χ1) is 7.86. The summed E-state index contributed by atoms with van der Waals surface area (Å²) in [7, 11) is 3.18. The minimum atomic E-state index is -0.0684. The molecule has 2 aliphatic heterocycles. The Balaban J connectivity index is 1.80. The topological polar surface area (TPSA) is 55.4 Å². The molecule has 0 amide bonds. The standard InChI is InChI=1S/C10H18O6/c1-11-5-15-7-3-13-10-8(16-6-12-2)4-14-9(7)10/h7-10H,3-6H2,1-2H3/t7-,8+,9-,10-/m1/s1. The fourth-order valence-corrected chi connectivity index (χ4v) is 2.03. The van der Waals surface area contributed by atoms with Crippen molar-refractivity contribution in [3.8, 4) is 0 Å². The lowest BCUT2D eigenvalue weighted by molar-refractivity contribution is -0.118. The van der Waals surface area contributed by atoms with Gasteiger partial charge in [0.05, 0.1) is 13.2 Å². The summed E-state index contributed by atoms with van der Waals surface area (Å²) in [6.45, 7) is 1.55. The summed E-state index contributed by atoms with van der Waals surface area (Å²) in [5.41, 5.74) is 0. The summed E-state index contributed by atoms with van der Waals surface area (Å²) in [6, 6.07) is 0. The largest absolute Gasteiger partial charge is 0.370 e. The second-order valence-corrected chi connectivity index (χ2v) is 3.82. The molecule has 0 unspecified atom stereocenters. The average Bonchev–Trinajstić information content (AvgIpc) is 2.86. The van der Waals surface area contributed by atoms with Crippen molar-refractivity contribution in [3.05, 3.63) is 0 Å². The van der Waals surface area contributed by atoms with Crippen LogP contribution in [0.25, 0.3) is 0 Å². The van der Waals surface area contributed by atoms with Crippen LogP contribution in [0.5, 0.6) is 0 Å². The zero-order valence-corrected chi connectivity index (χ0v) is 9.59. The molecule has 2 aliphatic rings. The normalized spacial score (nSPS) is 37.9. The van der Waals surface area contributed by atoms with Gasteiger partial charge in [-0.05, 0) is 0 Å². The van der Waals surface area contributed by atoms with Crippen LogP contribution in [0.3, 0.4) is 0 Å². The lowest BCUT2D eigenvalue weighted by Crippen LogP contribution is -2.34. The van der Waals surface area contributed by atoms with Crippen molar-refractivity contribution in [2.75, 3.05) is 41.0 Å². The maximum absolute atomic E-state index is 5.61. The van der Waals surface area contributed by atoms with Gasteiger partial charge < -0.3 is 28.4 Å². The maximum atomic E-state index is 5.61. The molecule has 6 heteroatoms. The van der Waals surface area contributed by atoms with Crippen LogP contribution in [-0.4, -0.2) is 65.4 Å². The van der Waals surface area contributed by atoms with Crippen molar-refractivity contribution in [2.24, 2.45) is 0 Å². The second-order valence-electron chi connectivity index (χ2n) is 3.82. The van der Waals surface area contributed by atoms with E-state index in [0.717, 1.165) is 0 Å². The van der Waals surface area contributed by atoms with Gasteiger partial charge in [0.2, 0.25) is 0 Å². The van der Waals surface area contributed by atoms with Gasteiger partial charge in [0.1, 0.15) is 38.0 Å². The van der Waals surface area contributed by atoms with E-state index < -0.39 is 0 Å². The summed E-state index contributed by atoms with van der Waals surface area (Å²) < 4.78 is 31.9. The number of methoxy groups -OCH3 is 2. The van der Waals surface area contributed by atoms with Gasteiger partial charge >= 0.3 is 0 Å². The highest BCUT2D eigenvalue weighted by atomic mass is 16.7. The Hall–Kier alpha value is -0.240. The van der Waals surface area contributed by atoms with Gasteiger partial charge in [-0.2, -0.15) is 0 Å². The molecular formula is C10H18O6. The fraction of sp³-hybridized carbons (Fsp3) is 1.00. The molecule has 0 aromatic carbocycles. The molecule has 2 saturated heterocycles. The van der Waals surface area contributed by atoms with E-state index in [1.807, 2.05) is 0 Å². The molecule has 2 heterocycles. The van der Waals surface area contributed by atoms with Crippen molar-refractivity contribution in [2.45, 2.75) is 24.4 Å². The lowest BCUT2D eigenvalue weighted by atomic mass is 10.1. The molecule has 0 bridgehead atoms. The number of ether oxygens (including phenoxy) is 6. The molecule has 0 radical (unpaired) electrons. The van der Waals surface area contributed by atoms with E-state index >= 15 is 0 Å². The van der Waals surface area contributed by atoms with Crippen LogP contribution >= 0.6 is 0 Å². The predicted octanol–water partition coefficient (Wildman–Crippen LogP) is -0.238. The minimum Gasteiger partial charge on any atom is -0.370 e. The highest BCUT2D eigenvalue weighted by Gasteiger charge is 2.48. The monoisotopic (exact) mass is 234 g/mol. The number of rotatable bonds is 6. The van der Waals surface area contributed by atoms with Gasteiger partial charge in [-0.25, -0.2) is 0 Å². The van der Waals surface area contributed by atoms with Gasteiger partial charge in [0, 0.05) is 14.2 Å². The van der Waals surface area contributed by atoms with Gasteiger partial charge in [0.25, 0.3) is 0 Å². The third-order valence-electron chi connectivity index (χ3n) is 2.76. The van der Waals surface area contributed by atoms with Crippen molar-refractivity contribution in [1.82, 2.24) is 0 Å². The third-order valence-corrected chi connectivity index (χ3v) is 2.76. The van der Waals surface area contributed by atoms with Gasteiger partial charge in [-0.15, -0.1) is 0 Å². The zero-order chi connectivity index (χ0) is 11.4. The van der Waals surface area contributed by atoms with Gasteiger partial charge in [-0.3, -0.25) is 0 Å². The van der Waals surface area contributed by atoms with Crippen LogP contribution < -0.4 is 0 Å².